The largest absolute Gasteiger partial charge is 0.382 e. The maximum absolute atomic E-state index is 8.82. The molecular weight excluding hydrogens is 222 g/mol. The van der Waals surface area contributed by atoms with Crippen LogP contribution in [0.2, 0.25) is 0 Å². The van der Waals surface area contributed by atoms with Gasteiger partial charge in [-0.2, -0.15) is 10.5 Å². The number of hydrogen-bond acceptors (Lipinski definition) is 3. The molecule has 1 aromatic rings. The molecule has 80 valence electrons. The van der Waals surface area contributed by atoms with Crippen molar-refractivity contribution in [2.75, 3.05) is 17.7 Å². The summed E-state index contributed by atoms with van der Waals surface area (Å²) in [5.74, 6) is 0.485. The van der Waals surface area contributed by atoms with Gasteiger partial charge in [-0.15, -0.1) is 11.6 Å². The zero-order valence-corrected chi connectivity index (χ0v) is 9.33. The molecule has 1 rings (SSSR count). The molecule has 16 heavy (non-hydrogen) atoms. The van der Waals surface area contributed by atoms with Crippen LogP contribution in [0.5, 0.6) is 0 Å². The maximum atomic E-state index is 8.82. The van der Waals surface area contributed by atoms with Gasteiger partial charge in [0.15, 0.2) is 0 Å². The van der Waals surface area contributed by atoms with Crippen molar-refractivity contribution in [3.8, 4) is 12.1 Å². The van der Waals surface area contributed by atoms with Gasteiger partial charge in [-0.3, -0.25) is 0 Å². The van der Waals surface area contributed by atoms with Gasteiger partial charge in [-0.25, -0.2) is 0 Å². The van der Waals surface area contributed by atoms with Gasteiger partial charge in [0.2, 0.25) is 0 Å². The molecule has 0 bridgehead atoms. The van der Waals surface area contributed by atoms with Gasteiger partial charge in [0.05, 0.1) is 11.1 Å². The lowest BCUT2D eigenvalue weighted by Crippen LogP contribution is -1.99. The van der Waals surface area contributed by atoms with Crippen molar-refractivity contribution >= 4 is 17.3 Å². The SMILES string of the molecule is N#Cc1ccc(NC/C=C/CCl)cc1C#N. The van der Waals surface area contributed by atoms with Crippen LogP contribution in [0.3, 0.4) is 0 Å². The van der Waals surface area contributed by atoms with E-state index < -0.39 is 0 Å². The van der Waals surface area contributed by atoms with Gasteiger partial charge < -0.3 is 5.32 Å². The Morgan fingerprint density at radius 2 is 1.94 bits per heavy atom. The molecule has 0 aliphatic heterocycles. The standard InChI is InChI=1S/C12H10ClN3/c13-5-1-2-6-16-12-4-3-10(8-14)11(7-12)9-15/h1-4,7,16H,5-6H2/b2-1+. The first-order chi connectivity index (χ1) is 7.81. The topological polar surface area (TPSA) is 59.6 Å². The molecule has 0 fully saturated rings. The third-order valence-electron chi connectivity index (χ3n) is 1.94. The maximum Gasteiger partial charge on any atom is 0.101 e. The van der Waals surface area contributed by atoms with Gasteiger partial charge in [0, 0.05) is 18.1 Å². The lowest BCUT2D eigenvalue weighted by Gasteiger charge is -2.04. The minimum Gasteiger partial charge on any atom is -0.382 e. The first-order valence-electron chi connectivity index (χ1n) is 4.71. The molecule has 0 amide bonds. The van der Waals surface area contributed by atoms with Crippen LogP contribution in [0.15, 0.2) is 30.4 Å². The first-order valence-corrected chi connectivity index (χ1v) is 5.24. The summed E-state index contributed by atoms with van der Waals surface area (Å²) in [6, 6.07) is 9.02. The number of allylic oxidation sites excluding steroid dienone is 1. The summed E-state index contributed by atoms with van der Waals surface area (Å²) in [7, 11) is 0. The van der Waals surface area contributed by atoms with Crippen molar-refractivity contribution < 1.29 is 0 Å². The number of halogens is 1. The summed E-state index contributed by atoms with van der Waals surface area (Å²) in [5, 5.41) is 20.7. The normalized spacial score (nSPS) is 9.69. The summed E-state index contributed by atoms with van der Waals surface area (Å²) in [4.78, 5) is 0. The van der Waals surface area contributed by atoms with Gasteiger partial charge in [-0.1, -0.05) is 12.2 Å². The molecule has 0 saturated heterocycles. The molecule has 0 aliphatic carbocycles. The third kappa shape index (κ3) is 3.31. The number of hydrogen-bond donors (Lipinski definition) is 1. The smallest absolute Gasteiger partial charge is 0.101 e. The van der Waals surface area contributed by atoms with E-state index in [1.807, 2.05) is 24.3 Å². The molecule has 3 nitrogen and oxygen atoms in total. The fourth-order valence-corrected chi connectivity index (χ4v) is 1.29. The molecule has 0 spiro atoms. The molecule has 0 aromatic heterocycles. The molecule has 0 aliphatic rings. The van der Waals surface area contributed by atoms with E-state index in [-0.39, 0.29) is 0 Å². The third-order valence-corrected chi connectivity index (χ3v) is 2.12. The summed E-state index contributed by atoms with van der Waals surface area (Å²) >= 11 is 5.48. The van der Waals surface area contributed by atoms with Crippen LogP contribution in [0, 0.1) is 22.7 Å². The number of nitriles is 2. The monoisotopic (exact) mass is 231 g/mol. The lowest BCUT2D eigenvalue weighted by molar-refractivity contribution is 1.32. The Hall–Kier alpha value is -1.97. The predicted molar refractivity (Wildman–Crippen MR) is 64.2 cm³/mol. The van der Waals surface area contributed by atoms with Crippen LogP contribution in [0.1, 0.15) is 11.1 Å². The minimum absolute atomic E-state index is 0.383. The van der Waals surface area contributed by atoms with Crippen LogP contribution < -0.4 is 5.32 Å². The van der Waals surface area contributed by atoms with Crippen LogP contribution in [-0.4, -0.2) is 12.4 Å². The second-order valence-electron chi connectivity index (χ2n) is 2.99. The van der Waals surface area contributed by atoms with Crippen molar-refractivity contribution in [1.82, 2.24) is 0 Å². The number of nitrogens with zero attached hydrogens (tertiary/aromatic N) is 2. The Morgan fingerprint density at radius 3 is 2.56 bits per heavy atom. The van der Waals surface area contributed by atoms with Gasteiger partial charge >= 0.3 is 0 Å². The molecule has 1 aromatic carbocycles. The number of benzene rings is 1. The van der Waals surface area contributed by atoms with E-state index in [9.17, 15) is 0 Å². The first kappa shape index (κ1) is 12.1. The molecule has 0 unspecified atom stereocenters. The van der Waals surface area contributed by atoms with Crippen LogP contribution >= 0.6 is 11.6 Å². The van der Waals surface area contributed by atoms with E-state index in [4.69, 9.17) is 22.1 Å². The zero-order chi connectivity index (χ0) is 11.8. The number of nitrogens with one attached hydrogen (secondary N) is 1. The molecule has 1 N–H and O–H groups in total. The Bertz CT molecular complexity index is 466. The number of alkyl halides is 1. The van der Waals surface area contributed by atoms with Crippen molar-refractivity contribution in [3.05, 3.63) is 41.5 Å². The summed E-state index contributed by atoms with van der Waals surface area (Å²) < 4.78 is 0. The van der Waals surface area contributed by atoms with E-state index in [0.29, 0.717) is 23.6 Å². The highest BCUT2D eigenvalue weighted by Gasteiger charge is 2.01. The molecule has 0 saturated carbocycles. The average molecular weight is 232 g/mol. The Kier molecular flexibility index (Phi) is 4.92. The van der Waals surface area contributed by atoms with Crippen molar-refractivity contribution in [1.29, 1.82) is 10.5 Å². The highest BCUT2D eigenvalue weighted by Crippen LogP contribution is 2.14. The summed E-state index contributed by atoms with van der Waals surface area (Å²) in [6.45, 7) is 0.642. The van der Waals surface area contributed by atoms with Crippen molar-refractivity contribution in [2.24, 2.45) is 0 Å². The van der Waals surface area contributed by atoms with E-state index in [2.05, 4.69) is 5.32 Å². The summed E-state index contributed by atoms with van der Waals surface area (Å²) in [5.41, 5.74) is 1.59. The fourth-order valence-electron chi connectivity index (χ4n) is 1.17. The highest BCUT2D eigenvalue weighted by atomic mass is 35.5. The van der Waals surface area contributed by atoms with Gasteiger partial charge in [0.25, 0.3) is 0 Å². The molecular formula is C12H10ClN3. The molecule has 4 heteroatoms. The molecule has 0 atom stereocenters. The molecule has 0 radical (unpaired) electrons. The van der Waals surface area contributed by atoms with E-state index in [0.717, 1.165) is 5.69 Å². The minimum atomic E-state index is 0.383. The Labute approximate surface area is 99.6 Å². The highest BCUT2D eigenvalue weighted by molar-refractivity contribution is 6.18. The second kappa shape index (κ2) is 6.50. The average Bonchev–Trinajstić information content (AvgIpc) is 2.34. The number of anilines is 1. The Balaban J connectivity index is 2.74. The van der Waals surface area contributed by atoms with E-state index in [1.54, 1.807) is 18.2 Å². The van der Waals surface area contributed by atoms with E-state index >= 15 is 0 Å². The van der Waals surface area contributed by atoms with Gasteiger partial charge in [-0.05, 0) is 18.2 Å². The second-order valence-corrected chi connectivity index (χ2v) is 3.30. The van der Waals surface area contributed by atoms with Crippen molar-refractivity contribution in [2.45, 2.75) is 0 Å². The Morgan fingerprint density at radius 1 is 1.19 bits per heavy atom. The van der Waals surface area contributed by atoms with Crippen molar-refractivity contribution in [3.63, 3.8) is 0 Å². The van der Waals surface area contributed by atoms with E-state index in [1.165, 1.54) is 0 Å². The molecule has 0 heterocycles. The van der Waals surface area contributed by atoms with Crippen LogP contribution in [0.25, 0.3) is 0 Å². The van der Waals surface area contributed by atoms with Crippen LogP contribution in [-0.2, 0) is 0 Å². The quantitative estimate of drug-likeness (QED) is 0.640. The lowest BCUT2D eigenvalue weighted by atomic mass is 10.1. The fraction of sp³-hybridized carbons (Fsp3) is 0.167. The predicted octanol–water partition coefficient (Wildman–Crippen LogP) is 2.64. The number of rotatable bonds is 4. The summed E-state index contributed by atoms with van der Waals surface area (Å²) in [6.07, 6.45) is 3.74. The van der Waals surface area contributed by atoms with Gasteiger partial charge in [0.1, 0.15) is 12.1 Å². The van der Waals surface area contributed by atoms with Crippen LogP contribution in [0.4, 0.5) is 5.69 Å². The zero-order valence-electron chi connectivity index (χ0n) is 8.57.